The van der Waals surface area contributed by atoms with Gasteiger partial charge in [-0.2, -0.15) is 0 Å². The molecule has 2 saturated carbocycles. The Balaban J connectivity index is 2.08. The molecule has 2 fully saturated rings. The lowest BCUT2D eigenvalue weighted by Gasteiger charge is -2.38. The molecular weight excluding hydrogens is 144 g/mol. The Labute approximate surface area is 72.6 Å². The quantitative estimate of drug-likeness (QED) is 0.541. The smallest absolute Gasteiger partial charge is 0.00324 e. The van der Waals surface area contributed by atoms with Crippen LogP contribution >= 0.6 is 0 Å². The largest absolute Gasteiger partial charge is 0.0620 e. The van der Waals surface area contributed by atoms with Gasteiger partial charge in [-0.1, -0.05) is 31.2 Å². The molecule has 0 spiro atoms. The van der Waals surface area contributed by atoms with Gasteiger partial charge in [0, 0.05) is 0 Å². The normalized spacial score (nSPS) is 50.9. The van der Waals surface area contributed by atoms with Gasteiger partial charge >= 0.3 is 0 Å². The van der Waals surface area contributed by atoms with E-state index in [2.05, 4.69) is 31.2 Å². The summed E-state index contributed by atoms with van der Waals surface area (Å²) in [6.45, 7) is 2.46. The van der Waals surface area contributed by atoms with E-state index in [-0.39, 0.29) is 0 Å². The lowest BCUT2D eigenvalue weighted by atomic mass is 9.65. The Morgan fingerprint density at radius 2 is 2.17 bits per heavy atom. The number of fused-ring (bicyclic) bond motifs is 4. The summed E-state index contributed by atoms with van der Waals surface area (Å²) in [6.07, 6.45) is 1.47. The van der Waals surface area contributed by atoms with Crippen molar-refractivity contribution in [3.8, 4) is 0 Å². The summed E-state index contributed by atoms with van der Waals surface area (Å²) >= 11 is 0. The van der Waals surface area contributed by atoms with Crippen LogP contribution in [0.15, 0.2) is 24.3 Å². The van der Waals surface area contributed by atoms with Crippen molar-refractivity contribution in [1.29, 1.82) is 0 Å². The Hall–Kier alpha value is -0.780. The molecule has 0 aliphatic heterocycles. The monoisotopic (exact) mass is 156 g/mol. The first-order valence-corrected chi connectivity index (χ1v) is 4.92. The van der Waals surface area contributed by atoms with E-state index >= 15 is 0 Å². The predicted octanol–water partition coefficient (Wildman–Crippen LogP) is 2.69. The van der Waals surface area contributed by atoms with E-state index in [1.165, 1.54) is 6.42 Å². The third kappa shape index (κ3) is 0.367. The minimum absolute atomic E-state index is 0.603. The molecule has 0 nitrogen and oxygen atoms in total. The highest BCUT2D eigenvalue weighted by Crippen LogP contribution is 2.81. The van der Waals surface area contributed by atoms with E-state index in [1.54, 1.807) is 11.1 Å². The van der Waals surface area contributed by atoms with Gasteiger partial charge in [-0.3, -0.25) is 0 Å². The fraction of sp³-hybridized carbons (Fsp3) is 0.500. The van der Waals surface area contributed by atoms with Crippen molar-refractivity contribution in [1.82, 2.24) is 0 Å². The van der Waals surface area contributed by atoms with E-state index < -0.39 is 0 Å². The van der Waals surface area contributed by atoms with Crippen LogP contribution < -0.4 is 0 Å². The Morgan fingerprint density at radius 3 is 3.00 bits per heavy atom. The molecule has 1 aromatic rings. The van der Waals surface area contributed by atoms with E-state index in [9.17, 15) is 0 Å². The molecular formula is C12H12. The van der Waals surface area contributed by atoms with Crippen LogP contribution in [0, 0.1) is 11.8 Å². The molecule has 4 atom stereocenters. The first-order valence-electron chi connectivity index (χ1n) is 4.92. The highest BCUT2D eigenvalue weighted by atomic mass is 14.8. The molecule has 12 heavy (non-hydrogen) atoms. The van der Waals surface area contributed by atoms with Crippen LogP contribution in [-0.4, -0.2) is 0 Å². The highest BCUT2D eigenvalue weighted by Gasteiger charge is 2.74. The second-order valence-electron chi connectivity index (χ2n) is 4.92. The summed E-state index contributed by atoms with van der Waals surface area (Å²) in [7, 11) is 0. The SMILES string of the molecule is CC12CC3C(c4ccccc41)C32. The molecule has 4 rings (SSSR count). The molecule has 1 aromatic carbocycles. The third-order valence-electron chi connectivity index (χ3n) is 4.50. The van der Waals surface area contributed by atoms with Crippen molar-refractivity contribution in [3.05, 3.63) is 35.4 Å². The van der Waals surface area contributed by atoms with Crippen molar-refractivity contribution in [2.45, 2.75) is 24.7 Å². The van der Waals surface area contributed by atoms with Crippen LogP contribution in [0.1, 0.15) is 30.4 Å². The number of rotatable bonds is 0. The zero-order valence-electron chi connectivity index (χ0n) is 7.25. The molecule has 0 heteroatoms. The molecule has 0 radical (unpaired) electrons. The molecule has 3 aliphatic rings. The van der Waals surface area contributed by atoms with Crippen molar-refractivity contribution < 1.29 is 0 Å². The number of benzene rings is 1. The third-order valence-corrected chi connectivity index (χ3v) is 4.50. The molecule has 0 bridgehead atoms. The Morgan fingerprint density at radius 1 is 1.33 bits per heavy atom. The van der Waals surface area contributed by atoms with Gasteiger partial charge in [0.25, 0.3) is 0 Å². The van der Waals surface area contributed by atoms with Crippen LogP contribution in [-0.2, 0) is 5.41 Å². The molecule has 0 aromatic heterocycles. The second kappa shape index (κ2) is 1.37. The first kappa shape index (κ1) is 5.80. The molecule has 60 valence electrons. The Kier molecular flexibility index (Phi) is 0.660. The van der Waals surface area contributed by atoms with E-state index in [4.69, 9.17) is 0 Å². The molecule has 0 saturated heterocycles. The molecule has 0 amide bonds. The maximum Gasteiger partial charge on any atom is -0.00324 e. The average Bonchev–Trinajstić information content (AvgIpc) is 2.66. The lowest BCUT2D eigenvalue weighted by molar-refractivity contribution is 0.247. The minimum atomic E-state index is 0.603. The van der Waals surface area contributed by atoms with Crippen molar-refractivity contribution in [2.24, 2.45) is 11.8 Å². The second-order valence-corrected chi connectivity index (χ2v) is 4.92. The Bertz CT molecular complexity index is 379. The van der Waals surface area contributed by atoms with E-state index in [0.29, 0.717) is 5.41 Å². The van der Waals surface area contributed by atoms with Gasteiger partial charge in [0.05, 0.1) is 0 Å². The van der Waals surface area contributed by atoms with Crippen LogP contribution in [0.25, 0.3) is 0 Å². The summed E-state index contributed by atoms with van der Waals surface area (Å²) in [4.78, 5) is 0. The summed E-state index contributed by atoms with van der Waals surface area (Å²) in [6, 6.07) is 9.08. The minimum Gasteiger partial charge on any atom is -0.0620 e. The van der Waals surface area contributed by atoms with Crippen molar-refractivity contribution in [3.63, 3.8) is 0 Å². The predicted molar refractivity (Wildman–Crippen MR) is 48.1 cm³/mol. The maximum atomic E-state index is 2.46. The number of hydrogen-bond acceptors (Lipinski definition) is 0. The lowest BCUT2D eigenvalue weighted by Crippen LogP contribution is -2.34. The topological polar surface area (TPSA) is 0 Å². The van der Waals surface area contributed by atoms with Crippen LogP contribution in [0.2, 0.25) is 0 Å². The first-order chi connectivity index (χ1) is 5.82. The van der Waals surface area contributed by atoms with Gasteiger partial charge in [0.1, 0.15) is 0 Å². The number of hydrogen-bond donors (Lipinski definition) is 0. The van der Waals surface area contributed by atoms with Gasteiger partial charge in [-0.15, -0.1) is 0 Å². The molecule has 0 heterocycles. The molecule has 0 N–H and O–H groups in total. The van der Waals surface area contributed by atoms with Gasteiger partial charge in [0.15, 0.2) is 0 Å². The fourth-order valence-corrected chi connectivity index (χ4v) is 3.98. The average molecular weight is 156 g/mol. The highest BCUT2D eigenvalue weighted by molar-refractivity contribution is 5.55. The summed E-state index contributed by atoms with van der Waals surface area (Å²) in [5, 5.41) is 0. The summed E-state index contributed by atoms with van der Waals surface area (Å²) in [5.41, 5.74) is 3.95. The van der Waals surface area contributed by atoms with Crippen LogP contribution in [0.4, 0.5) is 0 Å². The van der Waals surface area contributed by atoms with Gasteiger partial charge in [-0.25, -0.2) is 0 Å². The fourth-order valence-electron chi connectivity index (χ4n) is 3.98. The molecule has 3 aliphatic carbocycles. The van der Waals surface area contributed by atoms with Crippen molar-refractivity contribution >= 4 is 0 Å². The summed E-state index contributed by atoms with van der Waals surface area (Å²) in [5.74, 6) is 3.12. The van der Waals surface area contributed by atoms with Crippen molar-refractivity contribution in [2.75, 3.05) is 0 Å². The van der Waals surface area contributed by atoms with Gasteiger partial charge in [-0.05, 0) is 40.7 Å². The van der Waals surface area contributed by atoms with E-state index in [0.717, 1.165) is 17.8 Å². The van der Waals surface area contributed by atoms with Gasteiger partial charge in [0.2, 0.25) is 0 Å². The summed E-state index contributed by atoms with van der Waals surface area (Å²) < 4.78 is 0. The zero-order chi connectivity index (χ0) is 7.92. The zero-order valence-corrected chi connectivity index (χ0v) is 7.25. The van der Waals surface area contributed by atoms with Crippen LogP contribution in [0.3, 0.4) is 0 Å². The van der Waals surface area contributed by atoms with Crippen LogP contribution in [0.5, 0.6) is 0 Å². The molecule has 4 unspecified atom stereocenters. The maximum absolute atomic E-state index is 2.46. The van der Waals surface area contributed by atoms with Gasteiger partial charge < -0.3 is 0 Å². The standard InChI is InChI=1S/C12H12/c1-12-6-8-10(11(8)12)7-4-2-3-5-9(7)12/h2-5,8,10-11H,6H2,1H3. The van der Waals surface area contributed by atoms with E-state index in [1.807, 2.05) is 0 Å².